The molecule has 0 spiro atoms. The molecule has 150 valence electrons. The van der Waals surface area contributed by atoms with Crippen molar-refractivity contribution in [2.75, 3.05) is 0 Å². The lowest BCUT2D eigenvalue weighted by Crippen LogP contribution is -2.46. The van der Waals surface area contributed by atoms with Crippen LogP contribution in [0.25, 0.3) is 0 Å². The zero-order valence-electron chi connectivity index (χ0n) is 16.0. The molecule has 0 aromatic heterocycles. The van der Waals surface area contributed by atoms with Gasteiger partial charge in [0.2, 0.25) is 16.1 Å². The molecular weight excluding hydrogens is 380 g/mol. The SMILES string of the molecule is Cc1ccc(S(=O)(=O)N[C@H](C(=O)OC(C(N)=O)c2ccccc2)C(C)C)cc1. The van der Waals surface area contributed by atoms with E-state index in [0.717, 1.165) is 5.56 Å². The fraction of sp³-hybridized carbons (Fsp3) is 0.300. The van der Waals surface area contributed by atoms with Gasteiger partial charge in [-0.2, -0.15) is 4.72 Å². The number of carbonyl (C=O) groups excluding carboxylic acids is 2. The largest absolute Gasteiger partial charge is 0.446 e. The van der Waals surface area contributed by atoms with Crippen LogP contribution in [0.15, 0.2) is 59.5 Å². The number of esters is 1. The van der Waals surface area contributed by atoms with Crippen LogP contribution in [0.4, 0.5) is 0 Å². The molecule has 0 fully saturated rings. The Kier molecular flexibility index (Phi) is 6.93. The number of hydrogen-bond acceptors (Lipinski definition) is 5. The topological polar surface area (TPSA) is 116 Å². The molecule has 2 atom stereocenters. The molecule has 0 saturated heterocycles. The van der Waals surface area contributed by atoms with E-state index in [4.69, 9.17) is 10.5 Å². The highest BCUT2D eigenvalue weighted by molar-refractivity contribution is 7.89. The summed E-state index contributed by atoms with van der Waals surface area (Å²) in [5, 5.41) is 0. The van der Waals surface area contributed by atoms with Crippen molar-refractivity contribution in [2.24, 2.45) is 11.7 Å². The minimum atomic E-state index is -3.95. The van der Waals surface area contributed by atoms with Gasteiger partial charge in [-0.05, 0) is 25.0 Å². The van der Waals surface area contributed by atoms with E-state index in [1.165, 1.54) is 12.1 Å². The van der Waals surface area contributed by atoms with E-state index in [1.807, 2.05) is 6.92 Å². The summed E-state index contributed by atoms with van der Waals surface area (Å²) >= 11 is 0. The molecule has 2 rings (SSSR count). The molecule has 0 radical (unpaired) electrons. The average molecular weight is 404 g/mol. The number of sulfonamides is 1. The zero-order valence-corrected chi connectivity index (χ0v) is 16.8. The molecule has 2 aromatic carbocycles. The number of hydrogen-bond donors (Lipinski definition) is 2. The Morgan fingerprint density at radius 3 is 2.07 bits per heavy atom. The van der Waals surface area contributed by atoms with Gasteiger partial charge in [0.25, 0.3) is 5.91 Å². The van der Waals surface area contributed by atoms with Crippen LogP contribution in [0.2, 0.25) is 0 Å². The highest BCUT2D eigenvalue weighted by atomic mass is 32.2. The first-order valence-corrected chi connectivity index (χ1v) is 10.2. The lowest BCUT2D eigenvalue weighted by Gasteiger charge is -2.23. The smallest absolute Gasteiger partial charge is 0.325 e. The second-order valence-electron chi connectivity index (χ2n) is 6.79. The minimum absolute atomic E-state index is 0.0334. The van der Waals surface area contributed by atoms with Crippen LogP contribution >= 0.6 is 0 Å². The van der Waals surface area contributed by atoms with Crippen molar-refractivity contribution in [3.8, 4) is 0 Å². The van der Waals surface area contributed by atoms with Gasteiger partial charge in [-0.3, -0.25) is 9.59 Å². The van der Waals surface area contributed by atoms with Gasteiger partial charge >= 0.3 is 5.97 Å². The zero-order chi connectivity index (χ0) is 20.9. The molecule has 1 unspecified atom stereocenters. The van der Waals surface area contributed by atoms with Crippen LogP contribution < -0.4 is 10.5 Å². The van der Waals surface area contributed by atoms with Crippen LogP contribution in [0.3, 0.4) is 0 Å². The predicted molar refractivity (Wildman–Crippen MR) is 105 cm³/mol. The van der Waals surface area contributed by atoms with E-state index in [0.29, 0.717) is 5.56 Å². The third-order valence-corrected chi connectivity index (χ3v) is 5.59. The third-order valence-electron chi connectivity index (χ3n) is 4.13. The lowest BCUT2D eigenvalue weighted by molar-refractivity contribution is -0.158. The van der Waals surface area contributed by atoms with Gasteiger partial charge in [0.05, 0.1) is 4.90 Å². The van der Waals surface area contributed by atoms with Crippen LogP contribution in [-0.2, 0) is 24.3 Å². The van der Waals surface area contributed by atoms with Gasteiger partial charge in [0.15, 0.2) is 0 Å². The van der Waals surface area contributed by atoms with Gasteiger partial charge in [-0.15, -0.1) is 0 Å². The number of aryl methyl sites for hydroxylation is 1. The Labute approximate surface area is 164 Å². The van der Waals surface area contributed by atoms with Gasteiger partial charge in [-0.25, -0.2) is 8.42 Å². The van der Waals surface area contributed by atoms with E-state index in [1.54, 1.807) is 56.3 Å². The molecule has 0 aliphatic rings. The van der Waals surface area contributed by atoms with Crippen molar-refractivity contribution in [1.82, 2.24) is 4.72 Å². The minimum Gasteiger partial charge on any atom is -0.446 e. The van der Waals surface area contributed by atoms with Crippen molar-refractivity contribution in [3.05, 3.63) is 65.7 Å². The second kappa shape index (κ2) is 8.99. The van der Waals surface area contributed by atoms with Crippen LogP contribution in [0.5, 0.6) is 0 Å². The lowest BCUT2D eigenvalue weighted by atomic mass is 10.1. The summed E-state index contributed by atoms with van der Waals surface area (Å²) in [6, 6.07) is 13.4. The molecule has 28 heavy (non-hydrogen) atoms. The first kappa shape index (κ1) is 21.6. The van der Waals surface area contributed by atoms with Crippen molar-refractivity contribution < 1.29 is 22.7 Å². The van der Waals surface area contributed by atoms with Crippen LogP contribution in [0.1, 0.15) is 31.1 Å². The number of rotatable bonds is 8. The Hall–Kier alpha value is -2.71. The monoisotopic (exact) mass is 404 g/mol. The number of carbonyl (C=O) groups is 2. The van der Waals surface area contributed by atoms with E-state index in [-0.39, 0.29) is 4.90 Å². The quantitative estimate of drug-likeness (QED) is 0.654. The summed E-state index contributed by atoms with van der Waals surface area (Å²) in [4.78, 5) is 24.5. The Morgan fingerprint density at radius 1 is 1.00 bits per heavy atom. The van der Waals surface area contributed by atoms with E-state index in [9.17, 15) is 18.0 Å². The molecule has 0 heterocycles. The molecular formula is C20H24N2O5S. The summed E-state index contributed by atoms with van der Waals surface area (Å²) in [5.74, 6) is -2.14. The Balaban J connectivity index is 2.24. The molecule has 0 bridgehead atoms. The predicted octanol–water partition coefficient (Wildman–Crippen LogP) is 2.07. The molecule has 0 aliphatic heterocycles. The molecule has 2 aromatic rings. The Morgan fingerprint density at radius 2 is 1.57 bits per heavy atom. The number of ether oxygens (including phenoxy) is 1. The molecule has 0 saturated carbocycles. The van der Waals surface area contributed by atoms with Gasteiger partial charge in [-0.1, -0.05) is 61.9 Å². The third kappa shape index (κ3) is 5.40. The fourth-order valence-electron chi connectivity index (χ4n) is 2.52. The summed E-state index contributed by atoms with van der Waals surface area (Å²) in [6.07, 6.45) is -1.31. The van der Waals surface area contributed by atoms with E-state index < -0.39 is 40.0 Å². The first-order valence-electron chi connectivity index (χ1n) is 8.75. The van der Waals surface area contributed by atoms with Crippen molar-refractivity contribution in [1.29, 1.82) is 0 Å². The molecule has 7 nitrogen and oxygen atoms in total. The van der Waals surface area contributed by atoms with Gasteiger partial charge in [0, 0.05) is 5.56 Å². The maximum Gasteiger partial charge on any atom is 0.325 e. The van der Waals surface area contributed by atoms with Crippen molar-refractivity contribution in [2.45, 2.75) is 37.8 Å². The second-order valence-corrected chi connectivity index (χ2v) is 8.50. The molecule has 0 aliphatic carbocycles. The van der Waals surface area contributed by atoms with Crippen LogP contribution in [-0.4, -0.2) is 26.3 Å². The molecule has 8 heteroatoms. The Bertz CT molecular complexity index is 925. The fourth-order valence-corrected chi connectivity index (χ4v) is 3.85. The molecule has 1 amide bonds. The van der Waals surface area contributed by atoms with Gasteiger partial charge in [0.1, 0.15) is 6.04 Å². The summed E-state index contributed by atoms with van der Waals surface area (Å²) in [6.45, 7) is 5.18. The number of amides is 1. The number of nitrogens with two attached hydrogens (primary N) is 1. The standard InChI is InChI=1S/C20H24N2O5S/c1-13(2)17(22-28(25,26)16-11-9-14(3)10-12-16)20(24)27-18(19(21)23)15-7-5-4-6-8-15/h4-13,17-18,22H,1-3H3,(H2,21,23)/t17-,18?/m0/s1. The normalized spacial score (nSPS) is 13.7. The van der Waals surface area contributed by atoms with Crippen molar-refractivity contribution in [3.63, 3.8) is 0 Å². The summed E-state index contributed by atoms with van der Waals surface area (Å²) in [5.41, 5.74) is 6.69. The highest BCUT2D eigenvalue weighted by Crippen LogP contribution is 2.20. The van der Waals surface area contributed by atoms with Gasteiger partial charge < -0.3 is 10.5 Å². The van der Waals surface area contributed by atoms with E-state index in [2.05, 4.69) is 4.72 Å². The number of benzene rings is 2. The van der Waals surface area contributed by atoms with E-state index >= 15 is 0 Å². The average Bonchev–Trinajstić information content (AvgIpc) is 2.64. The number of primary amides is 1. The summed E-state index contributed by atoms with van der Waals surface area (Å²) in [7, 11) is -3.95. The van der Waals surface area contributed by atoms with Crippen molar-refractivity contribution >= 4 is 21.9 Å². The highest BCUT2D eigenvalue weighted by Gasteiger charge is 2.33. The number of nitrogens with one attached hydrogen (secondary N) is 1. The summed E-state index contributed by atoms with van der Waals surface area (Å²) < 4.78 is 32.9. The first-order chi connectivity index (χ1) is 13.1. The van der Waals surface area contributed by atoms with Crippen LogP contribution in [0, 0.1) is 12.8 Å². The molecule has 3 N–H and O–H groups in total. The maximum absolute atomic E-state index is 12.7. The maximum atomic E-state index is 12.7.